The number of nitrogens with zero attached hydrogens (tertiary/aromatic N) is 3. The van der Waals surface area contributed by atoms with E-state index < -0.39 is 0 Å². The van der Waals surface area contributed by atoms with E-state index >= 15 is 0 Å². The number of hydrogen-bond acceptors (Lipinski definition) is 5. The molecule has 180 valence electrons. The molecule has 0 fully saturated rings. The predicted molar refractivity (Wildman–Crippen MR) is 137 cm³/mol. The van der Waals surface area contributed by atoms with Crippen molar-refractivity contribution in [2.75, 3.05) is 27.3 Å². The summed E-state index contributed by atoms with van der Waals surface area (Å²) in [5, 5.41) is 7.04. The first-order valence-electron chi connectivity index (χ1n) is 11.7. The maximum Gasteiger partial charge on any atom is 0.257 e. The van der Waals surface area contributed by atoms with Crippen LogP contribution in [0.25, 0.3) is 0 Å². The van der Waals surface area contributed by atoms with Crippen molar-refractivity contribution in [2.24, 2.45) is 5.10 Å². The Labute approximate surface area is 210 Å². The highest BCUT2D eigenvalue weighted by molar-refractivity contribution is 6.34. The predicted octanol–water partition coefficient (Wildman–Crippen LogP) is 5.09. The number of amides is 1. The SMILES string of the molecule is COc1ccc(C2CC(c3ccccc3Cl)=NN2C(=O)CN2CCc3ccccc3C2)c(OC)c1. The van der Waals surface area contributed by atoms with Crippen LogP contribution in [0.2, 0.25) is 5.02 Å². The number of ether oxygens (including phenoxy) is 2. The number of methoxy groups -OCH3 is 2. The summed E-state index contributed by atoms with van der Waals surface area (Å²) < 4.78 is 11.0. The third-order valence-electron chi connectivity index (χ3n) is 6.72. The number of hydrazone groups is 1. The van der Waals surface area contributed by atoms with E-state index in [1.165, 1.54) is 11.1 Å². The third-order valence-corrected chi connectivity index (χ3v) is 7.05. The number of halogens is 1. The molecule has 0 aliphatic carbocycles. The highest BCUT2D eigenvalue weighted by atomic mass is 35.5. The fourth-order valence-electron chi connectivity index (χ4n) is 4.89. The molecular formula is C28H28ClN3O3. The van der Waals surface area contributed by atoms with Crippen LogP contribution in [0, 0.1) is 0 Å². The Morgan fingerprint density at radius 3 is 2.57 bits per heavy atom. The summed E-state index contributed by atoms with van der Waals surface area (Å²) in [6.45, 7) is 1.89. The van der Waals surface area contributed by atoms with Gasteiger partial charge in [0, 0.05) is 41.7 Å². The number of rotatable bonds is 6. The van der Waals surface area contributed by atoms with Gasteiger partial charge in [-0.25, -0.2) is 5.01 Å². The van der Waals surface area contributed by atoms with Crippen molar-refractivity contribution in [1.29, 1.82) is 0 Å². The number of fused-ring (bicyclic) bond motifs is 1. The average Bonchev–Trinajstić information content (AvgIpc) is 3.33. The molecule has 0 aromatic heterocycles. The highest BCUT2D eigenvalue weighted by Crippen LogP contribution is 2.40. The highest BCUT2D eigenvalue weighted by Gasteiger charge is 2.36. The first kappa shape index (κ1) is 23.4. The molecule has 3 aromatic carbocycles. The molecule has 2 aliphatic rings. The minimum Gasteiger partial charge on any atom is -0.497 e. The molecule has 0 N–H and O–H groups in total. The minimum atomic E-state index is -0.299. The van der Waals surface area contributed by atoms with E-state index in [0.717, 1.165) is 36.3 Å². The molecule has 0 saturated heterocycles. The smallest absolute Gasteiger partial charge is 0.257 e. The molecule has 7 heteroatoms. The molecule has 0 bridgehead atoms. The maximum absolute atomic E-state index is 13.7. The van der Waals surface area contributed by atoms with Gasteiger partial charge in [-0.3, -0.25) is 9.69 Å². The molecule has 1 unspecified atom stereocenters. The summed E-state index contributed by atoms with van der Waals surface area (Å²) >= 11 is 6.49. The summed E-state index contributed by atoms with van der Waals surface area (Å²) in [6.07, 6.45) is 1.48. The van der Waals surface area contributed by atoms with Crippen LogP contribution in [-0.2, 0) is 17.8 Å². The summed E-state index contributed by atoms with van der Waals surface area (Å²) in [4.78, 5) is 15.9. The number of carbonyl (C=O) groups is 1. The zero-order chi connectivity index (χ0) is 24.4. The van der Waals surface area contributed by atoms with Gasteiger partial charge in [-0.15, -0.1) is 0 Å². The zero-order valence-corrected chi connectivity index (χ0v) is 20.7. The maximum atomic E-state index is 13.7. The van der Waals surface area contributed by atoms with Gasteiger partial charge in [-0.05, 0) is 35.7 Å². The zero-order valence-electron chi connectivity index (χ0n) is 19.9. The third kappa shape index (κ3) is 4.77. The molecular weight excluding hydrogens is 462 g/mol. The van der Waals surface area contributed by atoms with Crippen LogP contribution in [0.3, 0.4) is 0 Å². The van der Waals surface area contributed by atoms with Gasteiger partial charge in [0.15, 0.2) is 0 Å². The second kappa shape index (κ2) is 10.1. The van der Waals surface area contributed by atoms with E-state index in [4.69, 9.17) is 26.2 Å². The van der Waals surface area contributed by atoms with Gasteiger partial charge in [0.2, 0.25) is 0 Å². The molecule has 0 spiro atoms. The Bertz CT molecular complexity index is 1280. The van der Waals surface area contributed by atoms with Gasteiger partial charge >= 0.3 is 0 Å². The van der Waals surface area contributed by atoms with Crippen molar-refractivity contribution in [3.05, 3.63) is 94.0 Å². The van der Waals surface area contributed by atoms with Gasteiger partial charge in [-0.1, -0.05) is 54.1 Å². The molecule has 0 saturated carbocycles. The van der Waals surface area contributed by atoms with Crippen molar-refractivity contribution in [1.82, 2.24) is 9.91 Å². The number of hydrogen-bond donors (Lipinski definition) is 0. The molecule has 2 heterocycles. The van der Waals surface area contributed by atoms with E-state index in [0.29, 0.717) is 29.5 Å². The Morgan fingerprint density at radius 1 is 1.03 bits per heavy atom. The summed E-state index contributed by atoms with van der Waals surface area (Å²) in [5.41, 5.74) is 5.15. The van der Waals surface area contributed by atoms with Crippen molar-refractivity contribution < 1.29 is 14.3 Å². The number of carbonyl (C=O) groups excluding carboxylic acids is 1. The van der Waals surface area contributed by atoms with Crippen molar-refractivity contribution in [3.8, 4) is 11.5 Å². The lowest BCUT2D eigenvalue weighted by atomic mass is 9.97. The normalized spacial score (nSPS) is 17.6. The molecule has 5 rings (SSSR count). The van der Waals surface area contributed by atoms with Crippen LogP contribution in [0.4, 0.5) is 0 Å². The first-order chi connectivity index (χ1) is 17.1. The lowest BCUT2D eigenvalue weighted by Gasteiger charge is -2.30. The van der Waals surface area contributed by atoms with E-state index in [-0.39, 0.29) is 11.9 Å². The van der Waals surface area contributed by atoms with Crippen molar-refractivity contribution in [3.63, 3.8) is 0 Å². The van der Waals surface area contributed by atoms with Crippen LogP contribution in [0.1, 0.15) is 34.7 Å². The van der Waals surface area contributed by atoms with Crippen LogP contribution in [0.5, 0.6) is 11.5 Å². The Balaban J connectivity index is 1.45. The molecule has 1 amide bonds. The monoisotopic (exact) mass is 489 g/mol. The molecule has 1 atom stereocenters. The molecule has 2 aliphatic heterocycles. The molecule has 0 radical (unpaired) electrons. The number of benzene rings is 3. The van der Waals surface area contributed by atoms with Crippen LogP contribution >= 0.6 is 11.6 Å². The summed E-state index contributed by atoms with van der Waals surface area (Å²) in [6, 6.07) is 21.4. The Hall–Kier alpha value is -3.35. The first-order valence-corrected chi connectivity index (χ1v) is 12.1. The fraction of sp³-hybridized carbons (Fsp3) is 0.286. The van der Waals surface area contributed by atoms with Gasteiger partial charge in [0.25, 0.3) is 5.91 Å². The minimum absolute atomic E-state index is 0.0469. The average molecular weight is 490 g/mol. The van der Waals surface area contributed by atoms with E-state index in [9.17, 15) is 4.79 Å². The summed E-state index contributed by atoms with van der Waals surface area (Å²) in [7, 11) is 3.25. The van der Waals surface area contributed by atoms with Crippen LogP contribution < -0.4 is 9.47 Å². The second-order valence-electron chi connectivity index (χ2n) is 8.82. The van der Waals surface area contributed by atoms with Crippen molar-refractivity contribution in [2.45, 2.75) is 25.4 Å². The summed E-state index contributed by atoms with van der Waals surface area (Å²) in [5.74, 6) is 1.31. The Morgan fingerprint density at radius 2 is 1.80 bits per heavy atom. The van der Waals surface area contributed by atoms with Crippen LogP contribution in [-0.4, -0.2) is 48.8 Å². The molecule has 3 aromatic rings. The quantitative estimate of drug-likeness (QED) is 0.484. The van der Waals surface area contributed by atoms with Gasteiger partial charge in [0.05, 0.1) is 32.5 Å². The van der Waals surface area contributed by atoms with E-state index in [1.54, 1.807) is 19.2 Å². The van der Waals surface area contributed by atoms with Gasteiger partial charge in [0.1, 0.15) is 11.5 Å². The lowest BCUT2D eigenvalue weighted by molar-refractivity contribution is -0.134. The fourth-order valence-corrected chi connectivity index (χ4v) is 5.13. The molecule has 6 nitrogen and oxygen atoms in total. The Kier molecular flexibility index (Phi) is 6.75. The van der Waals surface area contributed by atoms with Gasteiger partial charge in [-0.2, -0.15) is 5.10 Å². The van der Waals surface area contributed by atoms with Gasteiger partial charge < -0.3 is 9.47 Å². The largest absolute Gasteiger partial charge is 0.497 e. The second-order valence-corrected chi connectivity index (χ2v) is 9.23. The lowest BCUT2D eigenvalue weighted by Crippen LogP contribution is -2.40. The van der Waals surface area contributed by atoms with E-state index in [1.807, 2.05) is 42.5 Å². The topological polar surface area (TPSA) is 54.4 Å². The molecule has 35 heavy (non-hydrogen) atoms. The van der Waals surface area contributed by atoms with Crippen molar-refractivity contribution >= 4 is 23.2 Å². The standard InChI is InChI=1S/C28H28ClN3O3/c1-34-21-11-12-23(27(15-21)35-2)26-16-25(22-9-5-6-10-24(22)29)30-32(26)28(33)18-31-14-13-19-7-3-4-8-20(19)17-31/h3-12,15,26H,13-14,16-18H2,1-2H3. The van der Waals surface area contributed by atoms with Crippen LogP contribution in [0.15, 0.2) is 71.8 Å². The van der Waals surface area contributed by atoms with E-state index in [2.05, 4.69) is 29.2 Å².